The van der Waals surface area contributed by atoms with Crippen molar-refractivity contribution in [3.8, 4) is 11.8 Å². The van der Waals surface area contributed by atoms with Gasteiger partial charge in [-0.15, -0.1) is 17.3 Å². The third-order valence-electron chi connectivity index (χ3n) is 5.32. The fraction of sp³-hybridized carbons (Fsp3) is 0.348. The molecule has 0 aliphatic carbocycles. The van der Waals surface area contributed by atoms with E-state index in [1.165, 1.54) is 5.56 Å². The summed E-state index contributed by atoms with van der Waals surface area (Å²) in [5, 5.41) is 0. The molecular formula is C23H25N5OS. The Morgan fingerprint density at radius 3 is 2.63 bits per heavy atom. The maximum Gasteiger partial charge on any atom is 0.239 e. The van der Waals surface area contributed by atoms with Crippen LogP contribution in [0.4, 0.5) is 5.82 Å². The second kappa shape index (κ2) is 8.82. The van der Waals surface area contributed by atoms with Gasteiger partial charge in [-0.2, -0.15) is 0 Å². The highest BCUT2D eigenvalue weighted by molar-refractivity contribution is 7.20. The lowest BCUT2D eigenvalue weighted by atomic mass is 10.0. The molecular weight excluding hydrogens is 394 g/mol. The van der Waals surface area contributed by atoms with Crippen molar-refractivity contribution in [3.05, 3.63) is 52.7 Å². The summed E-state index contributed by atoms with van der Waals surface area (Å²) >= 11 is 1.62. The molecule has 7 heteroatoms. The third kappa shape index (κ3) is 4.30. The van der Waals surface area contributed by atoms with E-state index < -0.39 is 6.04 Å². The Morgan fingerprint density at radius 2 is 1.93 bits per heavy atom. The van der Waals surface area contributed by atoms with Crippen molar-refractivity contribution in [1.82, 2.24) is 14.9 Å². The number of fused-ring (bicyclic) bond motifs is 1. The summed E-state index contributed by atoms with van der Waals surface area (Å²) in [5.74, 6) is 6.97. The minimum atomic E-state index is -0.516. The topological polar surface area (TPSA) is 75.4 Å². The van der Waals surface area contributed by atoms with Crippen molar-refractivity contribution in [1.29, 1.82) is 0 Å². The van der Waals surface area contributed by atoms with Gasteiger partial charge in [-0.3, -0.25) is 4.79 Å². The fourth-order valence-electron chi connectivity index (χ4n) is 3.69. The number of nitrogens with two attached hydrogens (primary N) is 1. The van der Waals surface area contributed by atoms with Gasteiger partial charge in [0.2, 0.25) is 5.91 Å². The number of nitrogens with zero attached hydrogens (tertiary/aromatic N) is 4. The molecule has 1 aromatic carbocycles. The number of benzene rings is 1. The number of aromatic nitrogens is 2. The van der Waals surface area contributed by atoms with Crippen molar-refractivity contribution >= 4 is 33.3 Å². The molecule has 1 fully saturated rings. The van der Waals surface area contributed by atoms with Gasteiger partial charge in [0, 0.05) is 26.2 Å². The predicted octanol–water partition coefficient (Wildman–Crippen LogP) is 2.59. The van der Waals surface area contributed by atoms with Gasteiger partial charge in [-0.25, -0.2) is 9.97 Å². The van der Waals surface area contributed by atoms with Crippen LogP contribution in [0.25, 0.3) is 10.2 Å². The number of carbonyl (C=O) groups excluding carboxylic acids is 1. The van der Waals surface area contributed by atoms with Crippen LogP contribution in [0.5, 0.6) is 0 Å². The van der Waals surface area contributed by atoms with Crippen LogP contribution in [0.1, 0.15) is 22.9 Å². The number of carbonyl (C=O) groups is 1. The minimum Gasteiger partial charge on any atom is -0.352 e. The molecule has 2 N–H and O–H groups in total. The maximum atomic E-state index is 12.8. The van der Waals surface area contributed by atoms with Crippen molar-refractivity contribution in [2.24, 2.45) is 5.73 Å². The first-order valence-electron chi connectivity index (χ1n) is 10.1. The summed E-state index contributed by atoms with van der Waals surface area (Å²) in [6.07, 6.45) is 2.16. The lowest BCUT2D eigenvalue weighted by molar-refractivity contribution is -0.132. The quantitative estimate of drug-likeness (QED) is 0.658. The zero-order chi connectivity index (χ0) is 21.1. The average molecular weight is 420 g/mol. The Hall–Kier alpha value is -2.95. The molecule has 0 spiro atoms. The summed E-state index contributed by atoms with van der Waals surface area (Å²) in [6.45, 7) is 6.60. The van der Waals surface area contributed by atoms with Crippen LogP contribution in [0.2, 0.25) is 0 Å². The number of hydrogen-bond acceptors (Lipinski definition) is 6. The molecule has 0 radical (unpaired) electrons. The molecule has 154 valence electrons. The van der Waals surface area contributed by atoms with Gasteiger partial charge >= 0.3 is 0 Å². The Kier molecular flexibility index (Phi) is 5.98. The summed E-state index contributed by atoms with van der Waals surface area (Å²) < 4.78 is 1.05. The zero-order valence-electron chi connectivity index (χ0n) is 17.3. The maximum absolute atomic E-state index is 12.8. The van der Waals surface area contributed by atoms with Crippen molar-refractivity contribution in [2.75, 3.05) is 31.1 Å². The minimum absolute atomic E-state index is 0.0136. The molecule has 0 bridgehead atoms. The van der Waals surface area contributed by atoms with Gasteiger partial charge in [0.1, 0.15) is 12.1 Å². The van der Waals surface area contributed by atoms with E-state index in [9.17, 15) is 4.79 Å². The Labute approximate surface area is 180 Å². The van der Waals surface area contributed by atoms with Crippen LogP contribution in [0.15, 0.2) is 36.7 Å². The van der Waals surface area contributed by atoms with Crippen LogP contribution in [-0.2, 0) is 11.2 Å². The highest BCUT2D eigenvalue weighted by atomic mass is 32.1. The second-order valence-electron chi connectivity index (χ2n) is 7.51. The van der Waals surface area contributed by atoms with Gasteiger partial charge in [-0.05, 0) is 31.9 Å². The number of aryl methyl sites for hydroxylation is 1. The normalized spacial score (nSPS) is 15.0. The number of rotatable bonds is 4. The van der Waals surface area contributed by atoms with Crippen LogP contribution in [0, 0.1) is 18.8 Å². The van der Waals surface area contributed by atoms with Gasteiger partial charge in [-0.1, -0.05) is 35.7 Å². The molecule has 1 aliphatic heterocycles. The van der Waals surface area contributed by atoms with E-state index >= 15 is 0 Å². The molecule has 1 atom stereocenters. The van der Waals surface area contributed by atoms with Crippen LogP contribution in [0.3, 0.4) is 0 Å². The Bertz CT molecular complexity index is 1100. The van der Waals surface area contributed by atoms with E-state index in [0.717, 1.165) is 39.6 Å². The highest BCUT2D eigenvalue weighted by Gasteiger charge is 2.27. The van der Waals surface area contributed by atoms with E-state index in [1.807, 2.05) is 36.9 Å². The van der Waals surface area contributed by atoms with Crippen molar-refractivity contribution in [3.63, 3.8) is 0 Å². The molecule has 1 amide bonds. The van der Waals surface area contributed by atoms with Gasteiger partial charge in [0.25, 0.3) is 0 Å². The summed E-state index contributed by atoms with van der Waals surface area (Å²) in [7, 11) is 0. The molecule has 0 saturated carbocycles. The lowest BCUT2D eigenvalue weighted by Gasteiger charge is -2.36. The number of anilines is 1. The third-order valence-corrected chi connectivity index (χ3v) is 6.36. The van der Waals surface area contributed by atoms with E-state index in [4.69, 9.17) is 5.73 Å². The summed E-state index contributed by atoms with van der Waals surface area (Å²) in [4.78, 5) is 26.8. The van der Waals surface area contributed by atoms with Gasteiger partial charge < -0.3 is 15.5 Å². The van der Waals surface area contributed by atoms with Gasteiger partial charge in [0.05, 0.1) is 21.1 Å². The number of piperazine rings is 1. The van der Waals surface area contributed by atoms with Crippen LogP contribution in [-0.4, -0.2) is 53.0 Å². The molecule has 3 heterocycles. The predicted molar refractivity (Wildman–Crippen MR) is 122 cm³/mol. The summed E-state index contributed by atoms with van der Waals surface area (Å²) in [6, 6.07) is 9.67. The molecule has 1 aliphatic rings. The Morgan fingerprint density at radius 1 is 1.20 bits per heavy atom. The van der Waals surface area contributed by atoms with Crippen molar-refractivity contribution < 1.29 is 4.79 Å². The Balaban J connectivity index is 1.41. The SMILES string of the molecule is CC#Cc1cc2ncnc(N3CCN(C(=O)[C@H](N)Cc4ccc(C)cc4)CC3)c2s1. The zero-order valence-corrected chi connectivity index (χ0v) is 18.1. The van der Waals surface area contributed by atoms with Crippen LogP contribution < -0.4 is 10.6 Å². The summed E-state index contributed by atoms with van der Waals surface area (Å²) in [5.41, 5.74) is 9.44. The van der Waals surface area contributed by atoms with Crippen LogP contribution >= 0.6 is 11.3 Å². The van der Waals surface area contributed by atoms with E-state index in [-0.39, 0.29) is 5.91 Å². The average Bonchev–Trinajstić information content (AvgIpc) is 3.18. The molecule has 2 aromatic heterocycles. The molecule has 6 nitrogen and oxygen atoms in total. The number of amides is 1. The highest BCUT2D eigenvalue weighted by Crippen LogP contribution is 2.31. The van der Waals surface area contributed by atoms with Gasteiger partial charge in [0.15, 0.2) is 0 Å². The fourth-order valence-corrected chi connectivity index (χ4v) is 4.72. The second-order valence-corrected chi connectivity index (χ2v) is 8.56. The monoisotopic (exact) mass is 419 g/mol. The first-order valence-corrected chi connectivity index (χ1v) is 10.9. The molecule has 1 saturated heterocycles. The number of thiophene rings is 1. The van der Waals surface area contributed by atoms with E-state index in [0.29, 0.717) is 19.5 Å². The lowest BCUT2D eigenvalue weighted by Crippen LogP contribution is -2.53. The van der Waals surface area contributed by atoms with Crippen molar-refractivity contribution in [2.45, 2.75) is 26.3 Å². The van der Waals surface area contributed by atoms with E-state index in [1.54, 1.807) is 17.7 Å². The largest absolute Gasteiger partial charge is 0.352 e. The molecule has 4 rings (SSSR count). The van der Waals surface area contributed by atoms with E-state index in [2.05, 4.69) is 38.8 Å². The smallest absolute Gasteiger partial charge is 0.239 e. The molecule has 30 heavy (non-hydrogen) atoms. The molecule has 3 aromatic rings. The standard InChI is InChI=1S/C23H25N5OS/c1-3-4-18-14-20-21(30-18)22(26-15-25-20)27-9-11-28(12-10-27)23(29)19(24)13-17-7-5-16(2)6-8-17/h5-8,14-15,19H,9-13,24H2,1-2H3/t19-/m1/s1. The first kappa shape index (κ1) is 20.3. The number of hydrogen-bond donors (Lipinski definition) is 1. The first-order chi connectivity index (χ1) is 14.5. The molecule has 0 unspecified atom stereocenters.